The highest BCUT2D eigenvalue weighted by Gasteiger charge is 2.34. The number of rotatable bonds is 3. The Balaban J connectivity index is 0.00000182. The number of carbonyl (C=O) groups excluding carboxylic acids is 1. The summed E-state index contributed by atoms with van der Waals surface area (Å²) in [5.41, 5.74) is 7.48. The Morgan fingerprint density at radius 2 is 1.84 bits per heavy atom. The van der Waals surface area contributed by atoms with E-state index in [-0.39, 0.29) is 24.5 Å². The second kappa shape index (κ2) is 7.76. The number of carbonyl (C=O) groups is 1. The van der Waals surface area contributed by atoms with Gasteiger partial charge in [-0.25, -0.2) is 0 Å². The highest BCUT2D eigenvalue weighted by Crippen LogP contribution is 2.37. The van der Waals surface area contributed by atoms with Gasteiger partial charge in [-0.2, -0.15) is 0 Å². The molecule has 1 amide bonds. The highest BCUT2D eigenvalue weighted by molar-refractivity contribution is 5.87. The lowest BCUT2D eigenvalue weighted by Gasteiger charge is -2.28. The van der Waals surface area contributed by atoms with Crippen molar-refractivity contribution < 1.29 is 4.79 Å². The van der Waals surface area contributed by atoms with Gasteiger partial charge in [-0.3, -0.25) is 4.79 Å². The standard InChI is InChI=1S/C21H26N2O.ClH/c22-19-11-4-8-16(19)14-21(24)23-13-5-12-20(23)18-10-3-7-15-6-1-2-9-17(15)18;/h1-3,6-7,9-10,16,19-20H,4-5,8,11-14,22H2;1H/t16-,19+,20?;/m0./s1. The first kappa shape index (κ1) is 18.2. The van der Waals surface area contributed by atoms with Crippen LogP contribution in [-0.2, 0) is 4.79 Å². The molecule has 4 rings (SSSR count). The predicted molar refractivity (Wildman–Crippen MR) is 105 cm³/mol. The lowest BCUT2D eigenvalue weighted by molar-refractivity contribution is -0.133. The van der Waals surface area contributed by atoms with Crippen molar-refractivity contribution in [3.8, 4) is 0 Å². The van der Waals surface area contributed by atoms with Crippen LogP contribution >= 0.6 is 12.4 Å². The number of nitrogens with two attached hydrogens (primary N) is 1. The Morgan fingerprint density at radius 1 is 1.04 bits per heavy atom. The van der Waals surface area contributed by atoms with Gasteiger partial charge < -0.3 is 10.6 Å². The molecule has 0 spiro atoms. The molecular formula is C21H27ClN2O. The van der Waals surface area contributed by atoms with Crippen LogP contribution in [0.15, 0.2) is 42.5 Å². The van der Waals surface area contributed by atoms with Gasteiger partial charge in [0.2, 0.25) is 5.91 Å². The Labute approximate surface area is 156 Å². The van der Waals surface area contributed by atoms with Crippen molar-refractivity contribution in [2.24, 2.45) is 11.7 Å². The van der Waals surface area contributed by atoms with Crippen LogP contribution in [-0.4, -0.2) is 23.4 Å². The summed E-state index contributed by atoms with van der Waals surface area (Å²) in [6.07, 6.45) is 6.14. The molecule has 25 heavy (non-hydrogen) atoms. The van der Waals surface area contributed by atoms with Gasteiger partial charge in [0.15, 0.2) is 0 Å². The molecule has 0 bridgehead atoms. The van der Waals surface area contributed by atoms with Crippen LogP contribution in [0.2, 0.25) is 0 Å². The third kappa shape index (κ3) is 3.54. The molecule has 2 aromatic carbocycles. The van der Waals surface area contributed by atoms with Crippen LogP contribution in [0.5, 0.6) is 0 Å². The molecule has 1 unspecified atom stereocenters. The van der Waals surface area contributed by atoms with Gasteiger partial charge in [0.05, 0.1) is 6.04 Å². The molecule has 1 aliphatic heterocycles. The van der Waals surface area contributed by atoms with E-state index < -0.39 is 0 Å². The lowest BCUT2D eigenvalue weighted by atomic mass is 9.96. The SMILES string of the molecule is Cl.N[C@@H]1CCC[C@H]1CC(=O)N1CCCC1c1cccc2ccccc12. The van der Waals surface area contributed by atoms with E-state index in [9.17, 15) is 4.79 Å². The average Bonchev–Trinajstić information content (AvgIpc) is 3.24. The van der Waals surface area contributed by atoms with Crippen LogP contribution in [0.3, 0.4) is 0 Å². The van der Waals surface area contributed by atoms with Crippen molar-refractivity contribution in [2.45, 2.75) is 50.6 Å². The molecule has 2 aliphatic rings. The molecule has 1 aliphatic carbocycles. The van der Waals surface area contributed by atoms with Gasteiger partial charge in [-0.15, -0.1) is 12.4 Å². The quantitative estimate of drug-likeness (QED) is 0.881. The summed E-state index contributed by atoms with van der Waals surface area (Å²) < 4.78 is 0. The van der Waals surface area contributed by atoms with E-state index in [0.29, 0.717) is 18.2 Å². The minimum Gasteiger partial charge on any atom is -0.336 e. The summed E-state index contributed by atoms with van der Waals surface area (Å²) in [7, 11) is 0. The third-order valence-electron chi connectivity index (χ3n) is 5.91. The summed E-state index contributed by atoms with van der Waals surface area (Å²) >= 11 is 0. The van der Waals surface area contributed by atoms with Crippen molar-refractivity contribution in [2.75, 3.05) is 6.54 Å². The van der Waals surface area contributed by atoms with Crippen molar-refractivity contribution in [1.82, 2.24) is 4.90 Å². The van der Waals surface area contributed by atoms with E-state index in [2.05, 4.69) is 47.4 Å². The molecule has 0 aromatic heterocycles. The maximum Gasteiger partial charge on any atom is 0.223 e. The van der Waals surface area contributed by atoms with E-state index in [1.165, 1.54) is 22.8 Å². The second-order valence-electron chi connectivity index (χ2n) is 7.37. The Hall–Kier alpha value is -1.58. The zero-order valence-electron chi connectivity index (χ0n) is 14.6. The molecule has 4 heteroatoms. The fourth-order valence-corrected chi connectivity index (χ4v) is 4.59. The molecule has 3 nitrogen and oxygen atoms in total. The number of likely N-dealkylation sites (tertiary alicyclic amines) is 1. The number of amides is 1. The summed E-state index contributed by atoms with van der Waals surface area (Å²) in [5, 5.41) is 2.54. The van der Waals surface area contributed by atoms with E-state index in [0.717, 1.165) is 32.2 Å². The van der Waals surface area contributed by atoms with E-state index in [1.807, 2.05) is 0 Å². The lowest BCUT2D eigenvalue weighted by Crippen LogP contribution is -2.35. The topological polar surface area (TPSA) is 46.3 Å². The van der Waals surface area contributed by atoms with Crippen LogP contribution in [0, 0.1) is 5.92 Å². The first-order valence-electron chi connectivity index (χ1n) is 9.27. The first-order chi connectivity index (χ1) is 11.7. The van der Waals surface area contributed by atoms with Crippen molar-refractivity contribution >= 4 is 29.1 Å². The Bertz CT molecular complexity index is 742. The van der Waals surface area contributed by atoms with Crippen molar-refractivity contribution in [3.05, 3.63) is 48.0 Å². The van der Waals surface area contributed by atoms with Gasteiger partial charge in [0.25, 0.3) is 0 Å². The normalized spacial score (nSPS) is 26.0. The van der Waals surface area contributed by atoms with Gasteiger partial charge in [-0.05, 0) is 47.9 Å². The molecule has 134 valence electrons. The van der Waals surface area contributed by atoms with Crippen LogP contribution in [0.25, 0.3) is 10.8 Å². The number of hydrogen-bond donors (Lipinski definition) is 1. The summed E-state index contributed by atoms with van der Waals surface area (Å²) in [5.74, 6) is 0.680. The number of nitrogens with zero attached hydrogens (tertiary/aromatic N) is 1. The van der Waals surface area contributed by atoms with Gasteiger partial charge in [0.1, 0.15) is 0 Å². The van der Waals surface area contributed by atoms with E-state index in [1.54, 1.807) is 0 Å². The maximum absolute atomic E-state index is 12.9. The zero-order valence-corrected chi connectivity index (χ0v) is 15.4. The number of halogens is 1. The summed E-state index contributed by atoms with van der Waals surface area (Å²) in [6, 6.07) is 15.4. The molecular weight excluding hydrogens is 332 g/mol. The molecule has 2 N–H and O–H groups in total. The van der Waals surface area contributed by atoms with E-state index in [4.69, 9.17) is 5.73 Å². The number of hydrogen-bond acceptors (Lipinski definition) is 2. The molecule has 1 saturated carbocycles. The fourth-order valence-electron chi connectivity index (χ4n) is 4.59. The third-order valence-corrected chi connectivity index (χ3v) is 5.91. The number of fused-ring (bicyclic) bond motifs is 1. The van der Waals surface area contributed by atoms with Crippen LogP contribution in [0.1, 0.15) is 50.1 Å². The molecule has 1 saturated heterocycles. The maximum atomic E-state index is 12.9. The fraction of sp³-hybridized carbons (Fsp3) is 0.476. The second-order valence-corrected chi connectivity index (χ2v) is 7.37. The monoisotopic (exact) mass is 358 g/mol. The summed E-state index contributed by atoms with van der Waals surface area (Å²) in [6.45, 7) is 0.884. The molecule has 1 heterocycles. The van der Waals surface area contributed by atoms with Crippen LogP contribution in [0.4, 0.5) is 0 Å². The zero-order chi connectivity index (χ0) is 16.5. The Kier molecular flexibility index (Phi) is 5.65. The van der Waals surface area contributed by atoms with Crippen molar-refractivity contribution in [3.63, 3.8) is 0 Å². The van der Waals surface area contributed by atoms with Crippen molar-refractivity contribution in [1.29, 1.82) is 0 Å². The first-order valence-corrected chi connectivity index (χ1v) is 9.27. The molecule has 3 atom stereocenters. The average molecular weight is 359 g/mol. The summed E-state index contributed by atoms with van der Waals surface area (Å²) in [4.78, 5) is 15.1. The highest BCUT2D eigenvalue weighted by atomic mass is 35.5. The molecule has 2 aromatic rings. The van der Waals surface area contributed by atoms with Gasteiger partial charge in [-0.1, -0.05) is 48.9 Å². The largest absolute Gasteiger partial charge is 0.336 e. The molecule has 2 fully saturated rings. The van der Waals surface area contributed by atoms with Crippen LogP contribution < -0.4 is 5.73 Å². The minimum absolute atomic E-state index is 0. The molecule has 0 radical (unpaired) electrons. The van der Waals surface area contributed by atoms with Gasteiger partial charge >= 0.3 is 0 Å². The Morgan fingerprint density at radius 3 is 2.64 bits per heavy atom. The minimum atomic E-state index is 0. The smallest absolute Gasteiger partial charge is 0.223 e. The number of benzene rings is 2. The predicted octanol–water partition coefficient (Wildman–Crippen LogP) is 4.44. The van der Waals surface area contributed by atoms with Gasteiger partial charge in [0, 0.05) is 19.0 Å². The van der Waals surface area contributed by atoms with E-state index >= 15 is 0 Å².